The molecule has 1 aliphatic heterocycles. The van der Waals surface area contributed by atoms with Gasteiger partial charge in [-0.05, 0) is 49.7 Å². The molecule has 1 N–H and O–H groups in total. The number of aliphatic hydroxyl groups excluding tert-OH is 1. The summed E-state index contributed by atoms with van der Waals surface area (Å²) in [5, 5.41) is 11.1. The van der Waals surface area contributed by atoms with Crippen molar-refractivity contribution < 1.29 is 5.11 Å². The smallest absolute Gasteiger partial charge is 0.211 e. The first kappa shape index (κ1) is 19.5. The lowest BCUT2D eigenvalue weighted by Crippen LogP contribution is -2.40. The number of anilines is 1. The van der Waals surface area contributed by atoms with Gasteiger partial charge in [0.25, 0.3) is 0 Å². The molecule has 0 amide bonds. The van der Waals surface area contributed by atoms with Gasteiger partial charge >= 0.3 is 0 Å². The number of nitrogens with zero attached hydrogens (tertiary/aromatic N) is 4. The Hall–Kier alpha value is -1.47. The Morgan fingerprint density at radius 3 is 2.69 bits per heavy atom. The van der Waals surface area contributed by atoms with Crippen LogP contribution in [0.5, 0.6) is 0 Å². The molecule has 29 heavy (non-hydrogen) atoms. The molecule has 3 aromatic rings. The van der Waals surface area contributed by atoms with Crippen LogP contribution in [0.3, 0.4) is 0 Å². The number of imidazole rings is 1. The second-order valence-corrected chi connectivity index (χ2v) is 9.95. The summed E-state index contributed by atoms with van der Waals surface area (Å²) in [6.07, 6.45) is 10.8. The lowest BCUT2D eigenvalue weighted by molar-refractivity contribution is 0.144. The Bertz CT molecular complexity index is 1050. The number of halogens is 2. The summed E-state index contributed by atoms with van der Waals surface area (Å²) in [7, 11) is 0. The van der Waals surface area contributed by atoms with Crippen molar-refractivity contribution in [3.8, 4) is 0 Å². The summed E-state index contributed by atoms with van der Waals surface area (Å²) in [4.78, 5) is 13.5. The second-order valence-electron chi connectivity index (χ2n) is 8.08. The highest BCUT2D eigenvalue weighted by Crippen LogP contribution is 2.47. The van der Waals surface area contributed by atoms with Crippen molar-refractivity contribution in [3.63, 3.8) is 0 Å². The van der Waals surface area contributed by atoms with Crippen LogP contribution in [0.1, 0.15) is 32.1 Å². The maximum Gasteiger partial charge on any atom is 0.211 e. The van der Waals surface area contributed by atoms with Crippen molar-refractivity contribution >= 4 is 46.6 Å². The van der Waals surface area contributed by atoms with Gasteiger partial charge in [0, 0.05) is 36.6 Å². The predicted molar refractivity (Wildman–Crippen MR) is 117 cm³/mol. The molecule has 1 saturated heterocycles. The molecule has 3 heterocycles. The monoisotopic (exact) mass is 448 g/mol. The van der Waals surface area contributed by atoms with Gasteiger partial charge in [0.1, 0.15) is 0 Å². The maximum atomic E-state index is 9.97. The molecule has 2 aromatic heterocycles. The average Bonchev–Trinajstić information content (AvgIpc) is 3.34. The Balaban J connectivity index is 1.40. The largest absolute Gasteiger partial charge is 0.393 e. The molecule has 0 bridgehead atoms. The van der Waals surface area contributed by atoms with Crippen LogP contribution in [-0.2, 0) is 0 Å². The van der Waals surface area contributed by atoms with Crippen molar-refractivity contribution in [1.29, 1.82) is 0 Å². The van der Waals surface area contributed by atoms with Crippen molar-refractivity contribution in [1.82, 2.24) is 14.4 Å². The first-order chi connectivity index (χ1) is 14.0. The first-order valence-electron chi connectivity index (χ1n) is 9.92. The van der Waals surface area contributed by atoms with Crippen molar-refractivity contribution in [2.45, 2.75) is 48.0 Å². The van der Waals surface area contributed by atoms with Gasteiger partial charge in [0.2, 0.25) is 5.95 Å². The number of hydrogen-bond donors (Lipinski definition) is 1. The van der Waals surface area contributed by atoms with E-state index in [0.717, 1.165) is 66.6 Å². The molecular weight excluding hydrogens is 427 g/mol. The van der Waals surface area contributed by atoms with E-state index in [-0.39, 0.29) is 6.10 Å². The Kier molecular flexibility index (Phi) is 5.14. The van der Waals surface area contributed by atoms with E-state index in [0.29, 0.717) is 15.5 Å². The van der Waals surface area contributed by atoms with Gasteiger partial charge in [-0.3, -0.25) is 4.40 Å². The third-order valence-electron chi connectivity index (χ3n) is 6.29. The number of fused-ring (bicyclic) bond motifs is 1. The Labute approximate surface area is 184 Å². The predicted octanol–water partition coefficient (Wildman–Crippen LogP) is 5.32. The number of aromatic nitrogens is 3. The molecule has 2 fully saturated rings. The molecule has 8 heteroatoms. The van der Waals surface area contributed by atoms with E-state index in [1.165, 1.54) is 11.8 Å². The molecule has 0 radical (unpaired) electrons. The zero-order valence-electron chi connectivity index (χ0n) is 15.9. The van der Waals surface area contributed by atoms with Crippen LogP contribution in [0.25, 0.3) is 5.65 Å². The maximum absolute atomic E-state index is 9.97. The van der Waals surface area contributed by atoms with Gasteiger partial charge in [-0.2, -0.15) is 0 Å². The normalized spacial score (nSPS) is 21.3. The fraction of sp³-hybridized carbons (Fsp3) is 0.429. The fourth-order valence-corrected chi connectivity index (χ4v) is 6.09. The number of hydrogen-bond acceptors (Lipinski definition) is 5. The van der Waals surface area contributed by atoms with Gasteiger partial charge in [-0.25, -0.2) is 9.97 Å². The number of aliphatic hydroxyl groups is 1. The summed E-state index contributed by atoms with van der Waals surface area (Å²) < 4.78 is 2.06. The van der Waals surface area contributed by atoms with Crippen molar-refractivity contribution in [3.05, 3.63) is 46.8 Å². The second kappa shape index (κ2) is 7.65. The van der Waals surface area contributed by atoms with Crippen LogP contribution in [0, 0.1) is 5.41 Å². The van der Waals surface area contributed by atoms with E-state index in [1.54, 1.807) is 6.07 Å². The first-order valence-corrected chi connectivity index (χ1v) is 11.5. The highest BCUT2D eigenvalue weighted by molar-refractivity contribution is 7.99. The van der Waals surface area contributed by atoms with Crippen LogP contribution < -0.4 is 4.90 Å². The standard InChI is InChI=1S/C21H22Cl2N4OS/c22-15-2-1-3-16(18(15)23)29-17-13-25-20(27-11-8-24-19(17)27)26-9-6-21(7-10-26)5-4-14(28)12-21/h1-3,8,11,13-14,28H,4-7,9-10,12H2. The fourth-order valence-electron chi connectivity index (χ4n) is 4.68. The van der Waals surface area contributed by atoms with E-state index < -0.39 is 0 Å². The van der Waals surface area contributed by atoms with Crippen molar-refractivity contribution in [2.24, 2.45) is 5.41 Å². The van der Waals surface area contributed by atoms with Crippen LogP contribution in [0.2, 0.25) is 10.0 Å². The lowest BCUT2D eigenvalue weighted by atomic mass is 9.77. The number of benzene rings is 1. The van der Waals surface area contributed by atoms with Crippen LogP contribution in [0.15, 0.2) is 46.6 Å². The number of piperidine rings is 1. The van der Waals surface area contributed by atoms with E-state index >= 15 is 0 Å². The molecule has 152 valence electrons. The van der Waals surface area contributed by atoms with Gasteiger partial charge in [0.05, 0.1) is 21.0 Å². The summed E-state index contributed by atoms with van der Waals surface area (Å²) >= 11 is 14.0. The molecule has 5 nitrogen and oxygen atoms in total. The van der Waals surface area contributed by atoms with Crippen LogP contribution >= 0.6 is 35.0 Å². The van der Waals surface area contributed by atoms with Crippen molar-refractivity contribution in [2.75, 3.05) is 18.0 Å². The molecule has 1 saturated carbocycles. The zero-order chi connectivity index (χ0) is 20.0. The minimum absolute atomic E-state index is 0.116. The average molecular weight is 449 g/mol. The summed E-state index contributed by atoms with van der Waals surface area (Å²) in [6, 6.07) is 5.63. The Morgan fingerprint density at radius 2 is 1.93 bits per heavy atom. The SMILES string of the molecule is OC1CCC2(CCN(c3ncc(Sc4cccc(Cl)c4Cl)c4nccn34)CC2)C1. The quantitative estimate of drug-likeness (QED) is 0.587. The molecule has 1 atom stereocenters. The molecule has 1 spiro atoms. The highest BCUT2D eigenvalue weighted by Gasteiger charge is 2.41. The molecule has 5 rings (SSSR count). The molecule has 2 aliphatic rings. The van der Waals surface area contributed by atoms with Crippen LogP contribution in [-0.4, -0.2) is 38.7 Å². The molecule has 1 aromatic carbocycles. The van der Waals surface area contributed by atoms with E-state index in [1.807, 2.05) is 30.7 Å². The summed E-state index contributed by atoms with van der Waals surface area (Å²) in [5.74, 6) is 0.924. The zero-order valence-corrected chi connectivity index (χ0v) is 18.2. The minimum atomic E-state index is -0.116. The lowest BCUT2D eigenvalue weighted by Gasteiger charge is -2.40. The third-order valence-corrected chi connectivity index (χ3v) is 8.29. The van der Waals surface area contributed by atoms with Gasteiger partial charge in [0.15, 0.2) is 5.65 Å². The van der Waals surface area contributed by atoms with Crippen LogP contribution in [0.4, 0.5) is 5.95 Å². The minimum Gasteiger partial charge on any atom is -0.393 e. The third kappa shape index (κ3) is 3.61. The van der Waals surface area contributed by atoms with Gasteiger partial charge in [-0.1, -0.05) is 41.0 Å². The summed E-state index contributed by atoms with van der Waals surface area (Å²) in [6.45, 7) is 1.92. The van der Waals surface area contributed by atoms with E-state index in [2.05, 4.69) is 14.3 Å². The topological polar surface area (TPSA) is 53.7 Å². The molecular formula is C21H22Cl2N4OS. The Morgan fingerprint density at radius 1 is 1.10 bits per heavy atom. The molecule has 1 unspecified atom stereocenters. The van der Waals surface area contributed by atoms with Gasteiger partial charge in [-0.15, -0.1) is 0 Å². The molecule has 1 aliphatic carbocycles. The number of rotatable bonds is 3. The summed E-state index contributed by atoms with van der Waals surface area (Å²) in [5.41, 5.74) is 1.19. The van der Waals surface area contributed by atoms with E-state index in [9.17, 15) is 5.11 Å². The van der Waals surface area contributed by atoms with E-state index in [4.69, 9.17) is 28.2 Å². The van der Waals surface area contributed by atoms with Gasteiger partial charge < -0.3 is 10.0 Å². The highest BCUT2D eigenvalue weighted by atomic mass is 35.5.